The first-order valence-corrected chi connectivity index (χ1v) is 11.2. The van der Waals surface area contributed by atoms with Gasteiger partial charge >= 0.3 is 6.03 Å². The van der Waals surface area contributed by atoms with E-state index in [1.54, 1.807) is 28.8 Å². The summed E-state index contributed by atoms with van der Waals surface area (Å²) in [4.78, 5) is 23.8. The number of hydrogen-bond acceptors (Lipinski definition) is 3. The lowest BCUT2D eigenvalue weighted by Gasteiger charge is -2.23. The Hall–Kier alpha value is -3.32. The second-order valence-corrected chi connectivity index (χ2v) is 8.04. The first-order valence-electron chi connectivity index (χ1n) is 9.99. The highest BCUT2D eigenvalue weighted by Gasteiger charge is 2.16. The van der Waals surface area contributed by atoms with Crippen LogP contribution in [-0.4, -0.2) is 33.7 Å². The van der Waals surface area contributed by atoms with Crippen molar-refractivity contribution >= 4 is 34.5 Å². The van der Waals surface area contributed by atoms with Crippen LogP contribution < -0.4 is 5.32 Å². The molecular formula is C24H23FN4OS. The molecule has 0 radical (unpaired) electrons. The lowest BCUT2D eigenvalue weighted by molar-refractivity contribution is 0.209. The van der Waals surface area contributed by atoms with Crippen LogP contribution in [0.1, 0.15) is 11.4 Å². The topological polar surface area (TPSA) is 61.0 Å². The number of nitrogens with one attached hydrogen (secondary N) is 2. The summed E-state index contributed by atoms with van der Waals surface area (Å²) in [7, 11) is 0. The number of halogens is 1. The van der Waals surface area contributed by atoms with Gasteiger partial charge in [0.2, 0.25) is 0 Å². The van der Waals surface area contributed by atoms with Crippen molar-refractivity contribution in [2.45, 2.75) is 17.9 Å². The number of nitrogens with zero attached hydrogens (tertiary/aromatic N) is 2. The lowest BCUT2D eigenvalue weighted by Crippen LogP contribution is -2.36. The maximum atomic E-state index is 13.3. The number of imidazole rings is 1. The van der Waals surface area contributed by atoms with Crippen LogP contribution in [0.15, 0.2) is 77.7 Å². The van der Waals surface area contributed by atoms with E-state index >= 15 is 0 Å². The first-order chi connectivity index (χ1) is 15.1. The second kappa shape index (κ2) is 9.66. The molecule has 31 heavy (non-hydrogen) atoms. The van der Waals surface area contributed by atoms with Crippen molar-refractivity contribution in [3.05, 3.63) is 90.0 Å². The van der Waals surface area contributed by atoms with Crippen molar-refractivity contribution in [2.75, 3.05) is 18.1 Å². The smallest absolute Gasteiger partial charge is 0.322 e. The van der Waals surface area contributed by atoms with E-state index in [4.69, 9.17) is 0 Å². The van der Waals surface area contributed by atoms with Crippen molar-refractivity contribution in [1.82, 2.24) is 14.9 Å². The Balaban J connectivity index is 1.49. The molecule has 2 N–H and O–H groups in total. The molecule has 1 heterocycles. The van der Waals surface area contributed by atoms with Gasteiger partial charge in [0.05, 0.1) is 11.0 Å². The van der Waals surface area contributed by atoms with E-state index < -0.39 is 0 Å². The molecule has 4 rings (SSSR count). The zero-order chi connectivity index (χ0) is 21.6. The van der Waals surface area contributed by atoms with Crippen LogP contribution in [0.25, 0.3) is 11.0 Å². The molecule has 0 unspecified atom stereocenters. The van der Waals surface area contributed by atoms with Gasteiger partial charge in [0.25, 0.3) is 0 Å². The number of hydrogen-bond donors (Lipinski definition) is 2. The number of thioether (sulfide) groups is 1. The Morgan fingerprint density at radius 1 is 1.06 bits per heavy atom. The summed E-state index contributed by atoms with van der Waals surface area (Å²) >= 11 is 1.65. The maximum Gasteiger partial charge on any atom is 0.322 e. The Kier molecular flexibility index (Phi) is 6.52. The number of aromatic amines is 1. The number of benzene rings is 3. The molecule has 0 spiro atoms. The van der Waals surface area contributed by atoms with Crippen molar-refractivity contribution < 1.29 is 9.18 Å². The highest BCUT2D eigenvalue weighted by atomic mass is 32.2. The van der Waals surface area contributed by atoms with Crippen molar-refractivity contribution in [2.24, 2.45) is 0 Å². The molecule has 0 aliphatic carbocycles. The fraction of sp³-hybridized carbons (Fsp3) is 0.167. The molecule has 0 aliphatic heterocycles. The molecule has 0 fully saturated rings. The Morgan fingerprint density at radius 2 is 1.81 bits per heavy atom. The molecular weight excluding hydrogens is 411 g/mol. The van der Waals surface area contributed by atoms with Crippen molar-refractivity contribution in [3.63, 3.8) is 0 Å². The van der Waals surface area contributed by atoms with Crippen LogP contribution in [0.5, 0.6) is 0 Å². The molecule has 0 saturated carbocycles. The van der Waals surface area contributed by atoms with Gasteiger partial charge in [-0.2, -0.15) is 0 Å². The standard InChI is InChI=1S/C24H23FN4OS/c1-31-20-12-10-19(11-13-20)26-24(30)29(16-17-6-8-18(25)9-7-17)15-14-23-27-21-4-2-3-5-22(21)28-23/h2-13H,14-16H2,1H3,(H,26,30)(H,27,28). The number of anilines is 1. The van der Waals surface area contributed by atoms with Gasteiger partial charge in [-0.1, -0.05) is 24.3 Å². The number of fused-ring (bicyclic) bond motifs is 1. The third-order valence-electron chi connectivity index (χ3n) is 4.97. The summed E-state index contributed by atoms with van der Waals surface area (Å²) in [6.45, 7) is 0.834. The number of amides is 2. The first kappa shape index (κ1) is 20.9. The van der Waals surface area contributed by atoms with Crippen molar-refractivity contribution in [3.8, 4) is 0 Å². The van der Waals surface area contributed by atoms with Gasteiger partial charge in [-0.05, 0) is 60.4 Å². The van der Waals surface area contributed by atoms with E-state index in [0.717, 1.165) is 33.0 Å². The average Bonchev–Trinajstić information content (AvgIpc) is 3.21. The van der Waals surface area contributed by atoms with E-state index in [9.17, 15) is 9.18 Å². The number of para-hydroxylation sites is 2. The van der Waals surface area contributed by atoms with Crippen LogP contribution >= 0.6 is 11.8 Å². The van der Waals surface area contributed by atoms with Crippen LogP contribution in [0.4, 0.5) is 14.9 Å². The fourth-order valence-electron chi connectivity index (χ4n) is 3.30. The van der Waals surface area contributed by atoms with Gasteiger partial charge in [-0.25, -0.2) is 14.2 Å². The number of carbonyl (C=O) groups is 1. The minimum Gasteiger partial charge on any atom is -0.342 e. The molecule has 7 heteroatoms. The van der Waals surface area contributed by atoms with Gasteiger partial charge in [-0.3, -0.25) is 0 Å². The van der Waals surface area contributed by atoms with Gasteiger partial charge in [0.1, 0.15) is 11.6 Å². The summed E-state index contributed by atoms with van der Waals surface area (Å²) in [6, 6.07) is 21.6. The molecule has 5 nitrogen and oxygen atoms in total. The maximum absolute atomic E-state index is 13.3. The van der Waals surface area contributed by atoms with Crippen LogP contribution in [-0.2, 0) is 13.0 Å². The molecule has 0 bridgehead atoms. The normalized spacial score (nSPS) is 10.9. The van der Waals surface area contributed by atoms with E-state index in [1.807, 2.05) is 54.8 Å². The predicted molar refractivity (Wildman–Crippen MR) is 124 cm³/mol. The zero-order valence-electron chi connectivity index (χ0n) is 17.1. The molecule has 158 valence electrons. The minimum absolute atomic E-state index is 0.211. The number of aromatic nitrogens is 2. The average molecular weight is 435 g/mol. The SMILES string of the molecule is CSc1ccc(NC(=O)N(CCc2nc3ccccc3[nH]2)Cc2ccc(F)cc2)cc1. The predicted octanol–water partition coefficient (Wildman–Crippen LogP) is 5.70. The number of urea groups is 1. The van der Waals surface area contributed by atoms with E-state index in [-0.39, 0.29) is 11.8 Å². The highest BCUT2D eigenvalue weighted by Crippen LogP contribution is 2.18. The zero-order valence-corrected chi connectivity index (χ0v) is 18.0. The van der Waals surface area contributed by atoms with Crippen LogP contribution in [0.2, 0.25) is 0 Å². The van der Waals surface area contributed by atoms with Gasteiger partial charge in [0.15, 0.2) is 0 Å². The van der Waals surface area contributed by atoms with E-state index in [0.29, 0.717) is 19.5 Å². The Labute approximate surface area is 184 Å². The number of H-pyrrole nitrogens is 1. The summed E-state index contributed by atoms with van der Waals surface area (Å²) in [5.74, 6) is 0.526. The quantitative estimate of drug-likeness (QED) is 0.367. The molecule has 0 aliphatic rings. The van der Waals surface area contributed by atoms with E-state index in [1.165, 1.54) is 12.1 Å². The molecule has 2 amide bonds. The molecule has 3 aromatic carbocycles. The van der Waals surface area contributed by atoms with Crippen LogP contribution in [0, 0.1) is 5.82 Å². The van der Waals surface area contributed by atoms with Crippen molar-refractivity contribution in [1.29, 1.82) is 0 Å². The fourth-order valence-corrected chi connectivity index (χ4v) is 3.71. The third kappa shape index (κ3) is 5.44. The molecule has 1 aromatic heterocycles. The Morgan fingerprint density at radius 3 is 2.52 bits per heavy atom. The summed E-state index contributed by atoms with van der Waals surface area (Å²) in [6.07, 6.45) is 2.59. The lowest BCUT2D eigenvalue weighted by atomic mass is 10.2. The third-order valence-corrected chi connectivity index (χ3v) is 5.72. The minimum atomic E-state index is -0.295. The number of carbonyl (C=O) groups excluding carboxylic acids is 1. The second-order valence-electron chi connectivity index (χ2n) is 7.16. The summed E-state index contributed by atoms with van der Waals surface area (Å²) < 4.78 is 13.3. The monoisotopic (exact) mass is 434 g/mol. The summed E-state index contributed by atoms with van der Waals surface area (Å²) in [5, 5.41) is 2.96. The number of rotatable bonds is 7. The van der Waals surface area contributed by atoms with E-state index in [2.05, 4.69) is 15.3 Å². The van der Waals surface area contributed by atoms with Gasteiger partial charge < -0.3 is 15.2 Å². The Bertz CT molecular complexity index is 1130. The van der Waals surface area contributed by atoms with Crippen LogP contribution in [0.3, 0.4) is 0 Å². The largest absolute Gasteiger partial charge is 0.342 e. The summed E-state index contributed by atoms with van der Waals surface area (Å²) in [5.41, 5.74) is 3.47. The molecule has 0 saturated heterocycles. The molecule has 4 aromatic rings. The van der Waals surface area contributed by atoms with Gasteiger partial charge in [-0.15, -0.1) is 11.8 Å². The molecule has 0 atom stereocenters. The highest BCUT2D eigenvalue weighted by molar-refractivity contribution is 7.98. The van der Waals surface area contributed by atoms with Gasteiger partial charge in [0, 0.05) is 30.1 Å².